The zero-order chi connectivity index (χ0) is 21.9. The van der Waals surface area contributed by atoms with Crippen LogP contribution < -0.4 is 0 Å². The summed E-state index contributed by atoms with van der Waals surface area (Å²) in [5.41, 5.74) is 11.6. The Labute approximate surface area is 194 Å². The maximum Gasteiger partial charge on any atom is 0.0557 e. The van der Waals surface area contributed by atoms with Gasteiger partial charge in [-0.3, -0.25) is 0 Å². The van der Waals surface area contributed by atoms with Crippen LogP contribution in [0.1, 0.15) is 47.8 Å². The Hall–Kier alpha value is -3.52. The fraction of sp³-hybridized carbons (Fsp3) is 0.226. The summed E-state index contributed by atoms with van der Waals surface area (Å²) in [6, 6.07) is 18.2. The Balaban J connectivity index is 1.37. The summed E-state index contributed by atoms with van der Waals surface area (Å²) in [5, 5.41) is 2.79. The van der Waals surface area contributed by atoms with Crippen molar-refractivity contribution in [1.29, 1.82) is 0 Å². The lowest BCUT2D eigenvalue weighted by atomic mass is 9.85. The number of rotatable bonds is 2. The van der Waals surface area contributed by atoms with E-state index in [4.69, 9.17) is 0 Å². The highest BCUT2D eigenvalue weighted by molar-refractivity contribution is 5.95. The zero-order valence-electron chi connectivity index (χ0n) is 19.1. The molecule has 0 fully saturated rings. The fourth-order valence-electron chi connectivity index (χ4n) is 6.34. The molecule has 0 saturated heterocycles. The van der Waals surface area contributed by atoms with Crippen molar-refractivity contribution in [1.82, 2.24) is 9.13 Å². The third kappa shape index (κ3) is 2.80. The molecular weight excluding hydrogens is 400 g/mol. The topological polar surface area (TPSA) is 9.86 Å². The van der Waals surface area contributed by atoms with Crippen molar-refractivity contribution in [3.8, 4) is 0 Å². The average molecular weight is 429 g/mol. The van der Waals surface area contributed by atoms with Gasteiger partial charge in [0, 0.05) is 51.4 Å². The number of hydrogen-bond donors (Lipinski definition) is 0. The number of benzene rings is 2. The van der Waals surface area contributed by atoms with Crippen LogP contribution in [-0.2, 0) is 19.9 Å². The molecule has 2 aromatic heterocycles. The Morgan fingerprint density at radius 3 is 2.06 bits per heavy atom. The number of aromatic nitrogens is 2. The molecule has 0 saturated carbocycles. The summed E-state index contributed by atoms with van der Waals surface area (Å²) in [6.07, 6.45) is 19.6. The molecule has 7 rings (SSSR count). The molecule has 0 radical (unpaired) electrons. The average Bonchev–Trinajstić information content (AvgIpc) is 3.36. The van der Waals surface area contributed by atoms with Crippen molar-refractivity contribution in [2.75, 3.05) is 0 Å². The maximum atomic E-state index is 2.61. The van der Waals surface area contributed by atoms with Gasteiger partial charge in [0.2, 0.25) is 0 Å². The summed E-state index contributed by atoms with van der Waals surface area (Å²) in [6.45, 7) is 0. The Morgan fingerprint density at radius 2 is 1.33 bits per heavy atom. The zero-order valence-corrected chi connectivity index (χ0v) is 19.1. The maximum absolute atomic E-state index is 2.61. The number of fused-ring (bicyclic) bond motifs is 6. The minimum absolute atomic E-state index is 0.422. The Morgan fingerprint density at radius 1 is 0.697 bits per heavy atom. The van der Waals surface area contributed by atoms with E-state index in [0.29, 0.717) is 6.04 Å². The molecule has 3 aliphatic rings. The van der Waals surface area contributed by atoms with Gasteiger partial charge in [0.15, 0.2) is 0 Å². The SMILES string of the molecule is Cn1c2c(c3ccccc31)C=C(C1=Cc3c(n(C4C=CC=CC4)c4ccccc34)CC1)CC2. The van der Waals surface area contributed by atoms with Crippen molar-refractivity contribution >= 4 is 34.0 Å². The third-order valence-corrected chi connectivity index (χ3v) is 7.93. The highest BCUT2D eigenvalue weighted by Gasteiger charge is 2.26. The molecular formula is C31H28N2. The molecule has 0 spiro atoms. The molecule has 4 aromatic rings. The standard InChI is InChI=1S/C31H28N2/c1-32-28-13-7-5-11-24(28)26-19-21(15-17-29(26)32)22-16-18-31-27(20-22)25-12-6-8-14-30(25)33(31)23-9-3-2-4-10-23/h2-9,11-14,19-20,23H,10,15-18H2,1H3. The van der Waals surface area contributed by atoms with Crippen molar-refractivity contribution in [2.24, 2.45) is 7.05 Å². The first-order valence-electron chi connectivity index (χ1n) is 12.2. The highest BCUT2D eigenvalue weighted by atomic mass is 15.0. The lowest BCUT2D eigenvalue weighted by Gasteiger charge is -2.24. The molecule has 1 atom stereocenters. The van der Waals surface area contributed by atoms with Gasteiger partial charge in [0.05, 0.1) is 6.04 Å². The molecule has 0 bridgehead atoms. The van der Waals surface area contributed by atoms with Crippen LogP contribution in [0.2, 0.25) is 0 Å². The third-order valence-electron chi connectivity index (χ3n) is 7.93. The molecule has 0 amide bonds. The van der Waals surface area contributed by atoms with Crippen LogP contribution in [0.25, 0.3) is 34.0 Å². The van der Waals surface area contributed by atoms with E-state index in [9.17, 15) is 0 Å². The van der Waals surface area contributed by atoms with Crippen molar-refractivity contribution < 1.29 is 0 Å². The van der Waals surface area contributed by atoms with Crippen LogP contribution in [-0.4, -0.2) is 9.13 Å². The molecule has 33 heavy (non-hydrogen) atoms. The molecule has 1 unspecified atom stereocenters. The lowest BCUT2D eigenvalue weighted by Crippen LogP contribution is -2.13. The molecule has 0 aliphatic heterocycles. The fourth-order valence-corrected chi connectivity index (χ4v) is 6.34. The number of aryl methyl sites for hydroxylation is 1. The largest absolute Gasteiger partial charge is 0.347 e. The van der Waals surface area contributed by atoms with E-state index >= 15 is 0 Å². The first kappa shape index (κ1) is 19.0. The van der Waals surface area contributed by atoms with Gasteiger partial charge in [-0.15, -0.1) is 0 Å². The molecule has 2 heterocycles. The monoisotopic (exact) mass is 428 g/mol. The highest BCUT2D eigenvalue weighted by Crippen LogP contribution is 2.42. The second-order valence-electron chi connectivity index (χ2n) is 9.64. The van der Waals surface area contributed by atoms with Crippen molar-refractivity contribution in [2.45, 2.75) is 38.1 Å². The van der Waals surface area contributed by atoms with Gasteiger partial charge >= 0.3 is 0 Å². The molecule has 2 nitrogen and oxygen atoms in total. The van der Waals surface area contributed by atoms with E-state index in [2.05, 4.69) is 101 Å². The van der Waals surface area contributed by atoms with Gasteiger partial charge < -0.3 is 9.13 Å². The normalized spacial score (nSPS) is 19.5. The summed E-state index contributed by atoms with van der Waals surface area (Å²) in [5.74, 6) is 0. The summed E-state index contributed by atoms with van der Waals surface area (Å²) < 4.78 is 5.00. The second-order valence-corrected chi connectivity index (χ2v) is 9.64. The number of para-hydroxylation sites is 2. The van der Waals surface area contributed by atoms with Gasteiger partial charge in [-0.2, -0.15) is 0 Å². The van der Waals surface area contributed by atoms with Crippen LogP contribution in [0, 0.1) is 0 Å². The minimum Gasteiger partial charge on any atom is -0.347 e. The van der Waals surface area contributed by atoms with Gasteiger partial charge in [0.25, 0.3) is 0 Å². The van der Waals surface area contributed by atoms with Gasteiger partial charge in [0.1, 0.15) is 0 Å². The van der Waals surface area contributed by atoms with Crippen LogP contribution in [0.3, 0.4) is 0 Å². The number of hydrogen-bond acceptors (Lipinski definition) is 0. The first-order chi connectivity index (χ1) is 16.3. The summed E-state index contributed by atoms with van der Waals surface area (Å²) >= 11 is 0. The molecule has 2 aromatic carbocycles. The van der Waals surface area contributed by atoms with Gasteiger partial charge in [-0.1, -0.05) is 60.7 Å². The molecule has 3 aliphatic carbocycles. The Bertz CT molecular complexity index is 1550. The molecule has 162 valence electrons. The van der Waals surface area contributed by atoms with E-state index in [0.717, 1.165) is 32.1 Å². The van der Waals surface area contributed by atoms with E-state index < -0.39 is 0 Å². The second kappa shape index (κ2) is 7.25. The van der Waals surface area contributed by atoms with Crippen LogP contribution >= 0.6 is 0 Å². The van der Waals surface area contributed by atoms with Crippen LogP contribution in [0.15, 0.2) is 84.0 Å². The minimum atomic E-state index is 0.422. The predicted octanol–water partition coefficient (Wildman–Crippen LogP) is 7.55. The number of nitrogens with zero attached hydrogens (tertiary/aromatic N) is 2. The van der Waals surface area contributed by atoms with E-state index in [1.807, 2.05) is 0 Å². The van der Waals surface area contributed by atoms with Crippen LogP contribution in [0.4, 0.5) is 0 Å². The smallest absolute Gasteiger partial charge is 0.0557 e. The van der Waals surface area contributed by atoms with E-state index in [1.165, 1.54) is 55.5 Å². The quantitative estimate of drug-likeness (QED) is 0.312. The Kier molecular flexibility index (Phi) is 4.17. The van der Waals surface area contributed by atoms with E-state index in [-0.39, 0.29) is 0 Å². The summed E-state index contributed by atoms with van der Waals surface area (Å²) in [7, 11) is 2.22. The van der Waals surface area contributed by atoms with Crippen LogP contribution in [0.5, 0.6) is 0 Å². The lowest BCUT2D eigenvalue weighted by molar-refractivity contribution is 0.597. The first-order valence-corrected chi connectivity index (χ1v) is 12.2. The molecule has 0 N–H and O–H groups in total. The van der Waals surface area contributed by atoms with Crippen molar-refractivity contribution in [3.05, 3.63) is 106 Å². The van der Waals surface area contributed by atoms with Gasteiger partial charge in [-0.25, -0.2) is 0 Å². The van der Waals surface area contributed by atoms with Gasteiger partial charge in [-0.05, 0) is 67.5 Å². The van der Waals surface area contributed by atoms with E-state index in [1.54, 1.807) is 0 Å². The molecule has 2 heteroatoms. The summed E-state index contributed by atoms with van der Waals surface area (Å²) in [4.78, 5) is 0. The number of allylic oxidation sites excluding steroid dienone is 6. The predicted molar refractivity (Wildman–Crippen MR) is 139 cm³/mol. The van der Waals surface area contributed by atoms with Crippen molar-refractivity contribution in [3.63, 3.8) is 0 Å².